The van der Waals surface area contributed by atoms with Crippen LogP contribution < -0.4 is 4.72 Å². The summed E-state index contributed by atoms with van der Waals surface area (Å²) in [7, 11) is -1.38. The van der Waals surface area contributed by atoms with Crippen molar-refractivity contribution in [2.45, 2.75) is 11.8 Å². The lowest BCUT2D eigenvalue weighted by Gasteiger charge is -2.08. The van der Waals surface area contributed by atoms with Crippen LogP contribution in [0.1, 0.15) is 17.3 Å². The Hall–Kier alpha value is -2.66. The van der Waals surface area contributed by atoms with Gasteiger partial charge < -0.3 is 9.46 Å². The molecule has 0 aliphatic carbocycles. The maximum atomic E-state index is 12.5. The Morgan fingerprint density at radius 1 is 1.00 bits per heavy atom. The van der Waals surface area contributed by atoms with Crippen LogP contribution in [0.5, 0.6) is 0 Å². The van der Waals surface area contributed by atoms with E-state index in [1.54, 1.807) is 31.2 Å². The van der Waals surface area contributed by atoms with E-state index in [-0.39, 0.29) is 5.97 Å². The number of nitrogens with one attached hydrogen (secondary N) is 1. The average Bonchev–Trinajstić information content (AvgIpc) is 2.62. The quantitative estimate of drug-likeness (QED) is 0.711. The number of hydrogen-bond donors (Lipinski definition) is 1. The number of fused-ring (bicyclic) bond motifs is 1. The highest BCUT2D eigenvalue weighted by atomic mass is 32.2. The third-order valence-corrected chi connectivity index (χ3v) is 4.64. The van der Waals surface area contributed by atoms with Gasteiger partial charge in [-0.3, -0.25) is 0 Å². The van der Waals surface area contributed by atoms with Crippen LogP contribution >= 0.6 is 0 Å². The van der Waals surface area contributed by atoms with E-state index in [4.69, 9.17) is 4.74 Å². The Kier molecular flexibility index (Phi) is 4.91. The van der Waals surface area contributed by atoms with Gasteiger partial charge in [0, 0.05) is 5.69 Å². The van der Waals surface area contributed by atoms with Crippen LogP contribution in [-0.2, 0) is 15.7 Å². The van der Waals surface area contributed by atoms with Gasteiger partial charge in [0.15, 0.2) is 0 Å². The zero-order valence-electron chi connectivity index (χ0n) is 13.2. The molecule has 0 saturated carbocycles. The minimum Gasteiger partial charge on any atom is -0.462 e. The molecule has 0 aliphatic heterocycles. The van der Waals surface area contributed by atoms with Crippen molar-refractivity contribution in [3.8, 4) is 0 Å². The lowest BCUT2D eigenvalue weighted by Crippen LogP contribution is -2.06. The number of hydrogen-bond acceptors (Lipinski definition) is 3. The molecule has 0 saturated heterocycles. The van der Waals surface area contributed by atoms with Crippen LogP contribution in [0.3, 0.4) is 0 Å². The minimum atomic E-state index is -1.38. The number of anilines is 1. The number of benzene rings is 3. The van der Waals surface area contributed by atoms with Crippen LogP contribution in [0.4, 0.5) is 5.69 Å². The molecule has 1 unspecified atom stereocenters. The molecule has 0 aromatic heterocycles. The number of ether oxygens (including phenoxy) is 1. The number of carbonyl (C=O) groups is 1. The van der Waals surface area contributed by atoms with Gasteiger partial charge in [-0.05, 0) is 54.1 Å². The SMILES string of the molecule is CCOC(=O)c1ccc(NS(=O)c2ccc3ccccc3c2)cc1. The molecule has 0 aliphatic rings. The van der Waals surface area contributed by atoms with Crippen LogP contribution in [0.15, 0.2) is 71.6 Å². The van der Waals surface area contributed by atoms with Gasteiger partial charge in [0.1, 0.15) is 11.0 Å². The van der Waals surface area contributed by atoms with Gasteiger partial charge in [-0.1, -0.05) is 30.3 Å². The molecule has 3 rings (SSSR count). The molecule has 0 radical (unpaired) electrons. The van der Waals surface area contributed by atoms with E-state index in [0.717, 1.165) is 10.8 Å². The van der Waals surface area contributed by atoms with E-state index in [1.807, 2.05) is 42.5 Å². The molecule has 1 atom stereocenters. The fraction of sp³-hybridized carbons (Fsp3) is 0.105. The van der Waals surface area contributed by atoms with Crippen molar-refractivity contribution in [3.05, 3.63) is 72.3 Å². The highest BCUT2D eigenvalue weighted by Crippen LogP contribution is 2.19. The summed E-state index contributed by atoms with van der Waals surface area (Å²) in [4.78, 5) is 12.3. The Morgan fingerprint density at radius 3 is 2.42 bits per heavy atom. The van der Waals surface area contributed by atoms with Crippen molar-refractivity contribution in [1.82, 2.24) is 0 Å². The lowest BCUT2D eigenvalue weighted by molar-refractivity contribution is 0.0526. The van der Waals surface area contributed by atoms with E-state index < -0.39 is 11.0 Å². The van der Waals surface area contributed by atoms with E-state index in [1.165, 1.54) is 0 Å². The van der Waals surface area contributed by atoms with Crippen LogP contribution in [0.2, 0.25) is 0 Å². The Morgan fingerprint density at radius 2 is 1.71 bits per heavy atom. The van der Waals surface area contributed by atoms with Gasteiger partial charge in [-0.25, -0.2) is 9.00 Å². The molecule has 0 bridgehead atoms. The maximum Gasteiger partial charge on any atom is 0.338 e. The fourth-order valence-electron chi connectivity index (χ4n) is 2.34. The highest BCUT2D eigenvalue weighted by molar-refractivity contribution is 7.86. The topological polar surface area (TPSA) is 55.4 Å². The summed E-state index contributed by atoms with van der Waals surface area (Å²) in [6.07, 6.45) is 0. The van der Waals surface area contributed by atoms with Crippen molar-refractivity contribution >= 4 is 33.4 Å². The van der Waals surface area contributed by atoms with E-state index >= 15 is 0 Å². The van der Waals surface area contributed by atoms with Gasteiger partial charge in [0.05, 0.1) is 17.1 Å². The predicted octanol–water partition coefficient (Wildman–Crippen LogP) is 4.15. The predicted molar refractivity (Wildman–Crippen MR) is 96.4 cm³/mol. The first-order chi connectivity index (χ1) is 11.7. The smallest absolute Gasteiger partial charge is 0.338 e. The highest BCUT2D eigenvalue weighted by Gasteiger charge is 2.08. The van der Waals surface area contributed by atoms with E-state index in [2.05, 4.69) is 4.72 Å². The summed E-state index contributed by atoms with van der Waals surface area (Å²) >= 11 is 0. The largest absolute Gasteiger partial charge is 0.462 e. The number of rotatable bonds is 5. The zero-order valence-corrected chi connectivity index (χ0v) is 14.0. The summed E-state index contributed by atoms with van der Waals surface area (Å²) in [5.41, 5.74) is 1.15. The van der Waals surface area contributed by atoms with Crippen molar-refractivity contribution in [3.63, 3.8) is 0 Å². The molecule has 3 aromatic rings. The zero-order chi connectivity index (χ0) is 16.9. The molecule has 0 spiro atoms. The first-order valence-corrected chi connectivity index (χ1v) is 8.77. The second-order valence-electron chi connectivity index (χ2n) is 5.18. The van der Waals surface area contributed by atoms with Gasteiger partial charge in [-0.2, -0.15) is 0 Å². The molecule has 5 heteroatoms. The summed E-state index contributed by atoms with van der Waals surface area (Å²) in [6, 6.07) is 20.4. The molecular weight excluding hydrogens is 322 g/mol. The van der Waals surface area contributed by atoms with Gasteiger partial charge in [0.2, 0.25) is 0 Å². The van der Waals surface area contributed by atoms with Crippen molar-refractivity contribution in [2.24, 2.45) is 0 Å². The van der Waals surface area contributed by atoms with E-state index in [9.17, 15) is 9.00 Å². The van der Waals surface area contributed by atoms with Crippen LogP contribution in [-0.4, -0.2) is 16.8 Å². The first kappa shape index (κ1) is 16.2. The van der Waals surface area contributed by atoms with Gasteiger partial charge >= 0.3 is 5.97 Å². The molecule has 0 fully saturated rings. The molecular formula is C19H17NO3S. The van der Waals surface area contributed by atoms with E-state index in [0.29, 0.717) is 22.8 Å². The van der Waals surface area contributed by atoms with Crippen molar-refractivity contribution in [1.29, 1.82) is 0 Å². The van der Waals surface area contributed by atoms with Crippen LogP contribution in [0, 0.1) is 0 Å². The second-order valence-corrected chi connectivity index (χ2v) is 6.39. The molecule has 1 N–H and O–H groups in total. The van der Waals surface area contributed by atoms with Crippen molar-refractivity contribution in [2.75, 3.05) is 11.3 Å². The number of carbonyl (C=O) groups excluding carboxylic acids is 1. The summed E-state index contributed by atoms with van der Waals surface area (Å²) in [6.45, 7) is 2.10. The molecule has 122 valence electrons. The third kappa shape index (κ3) is 3.63. The molecule has 3 aromatic carbocycles. The Labute approximate surface area is 143 Å². The molecule has 0 amide bonds. The Balaban J connectivity index is 1.74. The third-order valence-electron chi connectivity index (χ3n) is 3.54. The lowest BCUT2D eigenvalue weighted by atomic mass is 10.1. The minimum absolute atomic E-state index is 0.338. The molecule has 24 heavy (non-hydrogen) atoms. The van der Waals surface area contributed by atoms with Gasteiger partial charge in [0.25, 0.3) is 0 Å². The summed E-state index contributed by atoms with van der Waals surface area (Å²) in [5.74, 6) is -0.361. The summed E-state index contributed by atoms with van der Waals surface area (Å²) < 4.78 is 20.4. The molecule has 0 heterocycles. The van der Waals surface area contributed by atoms with Gasteiger partial charge in [-0.15, -0.1) is 0 Å². The monoisotopic (exact) mass is 339 g/mol. The fourth-order valence-corrected chi connectivity index (χ4v) is 3.23. The normalized spacial score (nSPS) is 11.9. The van der Waals surface area contributed by atoms with Crippen LogP contribution in [0.25, 0.3) is 10.8 Å². The first-order valence-electron chi connectivity index (χ1n) is 7.62. The maximum absolute atomic E-state index is 12.5. The molecule has 4 nitrogen and oxygen atoms in total. The van der Waals surface area contributed by atoms with Crippen molar-refractivity contribution < 1.29 is 13.7 Å². The average molecular weight is 339 g/mol. The number of esters is 1. The Bertz CT molecular complexity index is 891. The summed E-state index contributed by atoms with van der Waals surface area (Å²) in [5, 5.41) is 2.15. The standard InChI is InChI=1S/C19H17NO3S/c1-2-23-19(21)15-7-10-17(11-8-15)20-24(22)18-12-9-14-5-3-4-6-16(14)13-18/h3-13,20H,2H2,1H3. The second kappa shape index (κ2) is 7.27.